The van der Waals surface area contributed by atoms with Crippen LogP contribution in [0.25, 0.3) is 21.7 Å². The third-order valence-electron chi connectivity index (χ3n) is 2.48. The summed E-state index contributed by atoms with van der Waals surface area (Å²) in [4.78, 5) is 20.7. The molecule has 0 saturated heterocycles. The second-order valence-electron chi connectivity index (χ2n) is 3.75. The highest BCUT2D eigenvalue weighted by Crippen LogP contribution is 2.28. The molecule has 0 spiro atoms. The molecule has 0 N–H and O–H groups in total. The van der Waals surface area contributed by atoms with Crippen LogP contribution < -0.4 is 5.63 Å². The lowest BCUT2D eigenvalue weighted by Crippen LogP contribution is -2.02. The zero-order valence-corrected chi connectivity index (χ0v) is 12.6. The summed E-state index contributed by atoms with van der Waals surface area (Å²) in [7, 11) is 0. The Labute approximate surface area is 124 Å². The molecule has 3 aromatic heterocycles. The van der Waals surface area contributed by atoms with Crippen molar-refractivity contribution < 1.29 is 4.42 Å². The summed E-state index contributed by atoms with van der Waals surface area (Å²) in [6.45, 7) is 1.74. The summed E-state index contributed by atoms with van der Waals surface area (Å²) in [5.41, 5.74) is 0.606. The van der Waals surface area contributed by atoms with E-state index < -0.39 is 5.63 Å². The number of aryl methyl sites for hydroxylation is 1. The van der Waals surface area contributed by atoms with Crippen LogP contribution >= 0.6 is 39.1 Å². The van der Waals surface area contributed by atoms with E-state index in [0.29, 0.717) is 21.5 Å². The molecule has 0 unspecified atom stereocenters. The summed E-state index contributed by atoms with van der Waals surface area (Å²) >= 11 is 10.4. The standard InChI is InChI=1S/C11H5BrClN3O2S/c1-4-7-10(19-16-4)15-9(18-11(7)17)6-2-5(12)3-14-8(6)13/h2-3H,1H3. The van der Waals surface area contributed by atoms with Gasteiger partial charge in [0, 0.05) is 10.7 Å². The van der Waals surface area contributed by atoms with Gasteiger partial charge in [0.15, 0.2) is 4.83 Å². The summed E-state index contributed by atoms with van der Waals surface area (Å²) in [6, 6.07) is 1.69. The van der Waals surface area contributed by atoms with E-state index >= 15 is 0 Å². The molecule has 0 aromatic carbocycles. The largest absolute Gasteiger partial charge is 0.403 e. The van der Waals surface area contributed by atoms with Crippen LogP contribution in [0.15, 0.2) is 25.9 Å². The number of aromatic nitrogens is 3. The number of fused-ring (bicyclic) bond motifs is 1. The minimum atomic E-state index is -0.470. The minimum absolute atomic E-state index is 0.139. The first kappa shape index (κ1) is 12.7. The van der Waals surface area contributed by atoms with Gasteiger partial charge in [-0.05, 0) is 40.5 Å². The first-order chi connectivity index (χ1) is 9.06. The Morgan fingerprint density at radius 3 is 3.05 bits per heavy atom. The van der Waals surface area contributed by atoms with Gasteiger partial charge >= 0.3 is 5.63 Å². The first-order valence-corrected chi connectivity index (χ1v) is 7.09. The van der Waals surface area contributed by atoms with E-state index in [4.69, 9.17) is 16.0 Å². The predicted molar refractivity (Wildman–Crippen MR) is 76.6 cm³/mol. The molecule has 0 aliphatic rings. The van der Waals surface area contributed by atoms with E-state index in [1.807, 2.05) is 0 Å². The molecule has 0 fully saturated rings. The summed E-state index contributed by atoms with van der Waals surface area (Å²) in [5, 5.41) is 0.632. The summed E-state index contributed by atoms with van der Waals surface area (Å²) < 4.78 is 10.0. The van der Waals surface area contributed by atoms with Crippen molar-refractivity contribution >= 4 is 49.3 Å². The van der Waals surface area contributed by atoms with Crippen LogP contribution in [0.2, 0.25) is 5.15 Å². The maximum atomic E-state index is 11.9. The lowest BCUT2D eigenvalue weighted by Gasteiger charge is -2.01. The third-order valence-corrected chi connectivity index (χ3v) is 4.05. The molecule has 0 atom stereocenters. The highest BCUT2D eigenvalue weighted by molar-refractivity contribution is 9.10. The van der Waals surface area contributed by atoms with Crippen LogP contribution in [-0.4, -0.2) is 14.3 Å². The Morgan fingerprint density at radius 1 is 1.47 bits per heavy atom. The minimum Gasteiger partial charge on any atom is -0.403 e. The summed E-state index contributed by atoms with van der Waals surface area (Å²) in [5.74, 6) is 0.139. The van der Waals surface area contributed by atoms with Crippen LogP contribution in [0.4, 0.5) is 0 Å². The molecule has 0 radical (unpaired) electrons. The van der Waals surface area contributed by atoms with Crippen LogP contribution in [0.5, 0.6) is 0 Å². The molecule has 0 aliphatic carbocycles. The molecule has 5 nitrogen and oxygen atoms in total. The number of halogens is 2. The molecule has 8 heteroatoms. The van der Waals surface area contributed by atoms with Gasteiger partial charge in [-0.15, -0.1) is 0 Å². The van der Waals surface area contributed by atoms with Crippen molar-refractivity contribution in [2.75, 3.05) is 0 Å². The molecule has 3 aromatic rings. The zero-order valence-electron chi connectivity index (χ0n) is 9.48. The van der Waals surface area contributed by atoms with Gasteiger partial charge in [-0.1, -0.05) is 11.6 Å². The van der Waals surface area contributed by atoms with Crippen molar-refractivity contribution in [3.63, 3.8) is 0 Å². The lowest BCUT2D eigenvalue weighted by atomic mass is 10.3. The van der Waals surface area contributed by atoms with E-state index in [0.717, 1.165) is 16.0 Å². The van der Waals surface area contributed by atoms with E-state index in [9.17, 15) is 4.79 Å². The van der Waals surface area contributed by atoms with Crippen molar-refractivity contribution in [2.45, 2.75) is 6.92 Å². The average Bonchev–Trinajstić information content (AvgIpc) is 2.74. The molecule has 3 heterocycles. The SMILES string of the molecule is Cc1nsc2nc(-c3cc(Br)cnc3Cl)oc(=O)c12. The maximum absolute atomic E-state index is 11.9. The Hall–Kier alpha value is -1.31. The normalized spacial score (nSPS) is 11.1. The number of rotatable bonds is 1. The predicted octanol–water partition coefficient (Wildman–Crippen LogP) is 3.43. The second kappa shape index (κ2) is 4.66. The van der Waals surface area contributed by atoms with Gasteiger partial charge in [-0.2, -0.15) is 9.36 Å². The van der Waals surface area contributed by atoms with Gasteiger partial charge in [-0.25, -0.2) is 9.78 Å². The van der Waals surface area contributed by atoms with Crippen molar-refractivity contribution in [1.82, 2.24) is 14.3 Å². The zero-order chi connectivity index (χ0) is 13.6. The highest BCUT2D eigenvalue weighted by atomic mass is 79.9. The van der Waals surface area contributed by atoms with Gasteiger partial charge in [0.25, 0.3) is 0 Å². The number of pyridine rings is 1. The Bertz CT molecular complexity index is 846. The molecular formula is C11H5BrClN3O2S. The smallest absolute Gasteiger partial charge is 0.349 e. The molecule has 0 bridgehead atoms. The van der Waals surface area contributed by atoms with Crippen LogP contribution in [0, 0.1) is 6.92 Å². The highest BCUT2D eigenvalue weighted by Gasteiger charge is 2.16. The van der Waals surface area contributed by atoms with Gasteiger partial charge in [0.1, 0.15) is 10.5 Å². The van der Waals surface area contributed by atoms with E-state index in [1.165, 1.54) is 0 Å². The number of nitrogens with zero attached hydrogens (tertiary/aromatic N) is 3. The van der Waals surface area contributed by atoms with Gasteiger partial charge in [0.05, 0.1) is 11.3 Å². The van der Waals surface area contributed by atoms with Crippen LogP contribution in [0.3, 0.4) is 0 Å². The van der Waals surface area contributed by atoms with E-state index in [2.05, 4.69) is 30.3 Å². The maximum Gasteiger partial charge on any atom is 0.349 e. The second-order valence-corrected chi connectivity index (χ2v) is 5.77. The third kappa shape index (κ3) is 2.18. The Kier molecular flexibility index (Phi) is 3.12. The quantitative estimate of drug-likeness (QED) is 0.623. The van der Waals surface area contributed by atoms with Crippen LogP contribution in [0.1, 0.15) is 5.69 Å². The summed E-state index contributed by atoms with van der Waals surface area (Å²) in [6.07, 6.45) is 1.55. The van der Waals surface area contributed by atoms with Crippen molar-refractivity contribution in [2.24, 2.45) is 0 Å². The topological polar surface area (TPSA) is 68.9 Å². The number of hydrogen-bond donors (Lipinski definition) is 0. The van der Waals surface area contributed by atoms with Crippen molar-refractivity contribution in [3.05, 3.63) is 38.0 Å². The monoisotopic (exact) mass is 357 g/mol. The van der Waals surface area contributed by atoms with Gasteiger partial charge < -0.3 is 4.42 Å². The molecule has 0 amide bonds. The molecule has 0 aliphatic heterocycles. The van der Waals surface area contributed by atoms with Gasteiger partial charge in [0.2, 0.25) is 5.89 Å². The van der Waals surface area contributed by atoms with E-state index in [-0.39, 0.29) is 11.0 Å². The van der Waals surface area contributed by atoms with Gasteiger partial charge in [-0.3, -0.25) is 0 Å². The molecule has 19 heavy (non-hydrogen) atoms. The Morgan fingerprint density at radius 2 is 2.26 bits per heavy atom. The first-order valence-electron chi connectivity index (χ1n) is 5.15. The average molecular weight is 359 g/mol. The molecular weight excluding hydrogens is 354 g/mol. The van der Waals surface area contributed by atoms with E-state index in [1.54, 1.807) is 19.2 Å². The molecule has 96 valence electrons. The Balaban J connectivity index is 2.32. The fourth-order valence-electron chi connectivity index (χ4n) is 1.61. The molecule has 0 saturated carbocycles. The fraction of sp³-hybridized carbons (Fsp3) is 0.0909. The van der Waals surface area contributed by atoms with Crippen molar-refractivity contribution in [3.8, 4) is 11.5 Å². The number of hydrogen-bond acceptors (Lipinski definition) is 6. The van der Waals surface area contributed by atoms with Crippen LogP contribution in [-0.2, 0) is 0 Å². The molecule has 3 rings (SSSR count). The lowest BCUT2D eigenvalue weighted by molar-refractivity contribution is 0.518. The fourth-order valence-corrected chi connectivity index (χ4v) is 2.89. The van der Waals surface area contributed by atoms with Crippen molar-refractivity contribution in [1.29, 1.82) is 0 Å².